The molecule has 0 saturated carbocycles. The lowest BCUT2D eigenvalue weighted by atomic mass is 10.0. The molecule has 0 radical (unpaired) electrons. The summed E-state index contributed by atoms with van der Waals surface area (Å²) >= 11 is 17.7. The van der Waals surface area contributed by atoms with Gasteiger partial charge in [-0.15, -0.1) is 0 Å². The lowest BCUT2D eigenvalue weighted by molar-refractivity contribution is -0.137. The van der Waals surface area contributed by atoms with Crippen molar-refractivity contribution in [2.45, 2.75) is 12.8 Å². The zero-order chi connectivity index (χ0) is 15.8. The van der Waals surface area contributed by atoms with Gasteiger partial charge in [0.25, 0.3) is 0 Å². The fourth-order valence-electron chi connectivity index (χ4n) is 1.74. The van der Waals surface area contributed by atoms with E-state index in [1.165, 1.54) is 12.1 Å². The van der Waals surface area contributed by atoms with Crippen LogP contribution in [0, 0.1) is 0 Å². The predicted octanol–water partition coefficient (Wildman–Crippen LogP) is 5.22. The molecule has 1 N–H and O–H groups in total. The summed E-state index contributed by atoms with van der Waals surface area (Å²) in [5.74, 6) is 0. The maximum Gasteiger partial charge on any atom is 0.417 e. The molecule has 0 aliphatic heterocycles. The van der Waals surface area contributed by atoms with Gasteiger partial charge in [-0.3, -0.25) is 4.98 Å². The van der Waals surface area contributed by atoms with E-state index in [9.17, 15) is 18.3 Å². The second-order valence-corrected chi connectivity index (χ2v) is 5.34. The second-order valence-electron chi connectivity index (χ2n) is 4.12. The Morgan fingerprint density at radius 3 is 2.14 bits per heavy atom. The van der Waals surface area contributed by atoms with Crippen molar-refractivity contribution in [2.75, 3.05) is 0 Å². The van der Waals surface area contributed by atoms with Gasteiger partial charge in [0.15, 0.2) is 0 Å². The molecule has 0 saturated heterocycles. The highest BCUT2D eigenvalue weighted by atomic mass is 35.5. The number of hydrogen-bond acceptors (Lipinski definition) is 2. The number of alkyl halides is 3. The summed E-state index contributed by atoms with van der Waals surface area (Å²) in [6, 6.07) is 3.52. The van der Waals surface area contributed by atoms with Crippen molar-refractivity contribution in [1.82, 2.24) is 4.98 Å². The number of benzene rings is 1. The summed E-state index contributed by atoms with van der Waals surface area (Å²) in [5, 5.41) is 9.67. The van der Waals surface area contributed by atoms with E-state index in [1.54, 1.807) is 0 Å². The predicted molar refractivity (Wildman–Crippen MR) is 75.6 cm³/mol. The summed E-state index contributed by atoms with van der Waals surface area (Å²) in [6.07, 6.45) is -3.90. The lowest BCUT2D eigenvalue weighted by Crippen LogP contribution is -2.07. The zero-order valence-electron chi connectivity index (χ0n) is 10.2. The number of halogens is 6. The number of hydrogen-bond donors (Lipinski definition) is 1. The van der Waals surface area contributed by atoms with Crippen molar-refractivity contribution in [3.8, 4) is 11.1 Å². The third kappa shape index (κ3) is 3.43. The Labute approximate surface area is 133 Å². The van der Waals surface area contributed by atoms with Gasteiger partial charge in [0, 0.05) is 17.3 Å². The molecule has 0 aliphatic rings. The van der Waals surface area contributed by atoms with Gasteiger partial charge in [-0.25, -0.2) is 0 Å². The van der Waals surface area contributed by atoms with Gasteiger partial charge in [0.1, 0.15) is 0 Å². The van der Waals surface area contributed by atoms with Crippen molar-refractivity contribution < 1.29 is 18.3 Å². The van der Waals surface area contributed by atoms with E-state index in [-0.39, 0.29) is 31.9 Å². The number of aromatic nitrogens is 1. The van der Waals surface area contributed by atoms with Crippen LogP contribution in [0.5, 0.6) is 0 Å². The number of rotatable bonds is 2. The van der Waals surface area contributed by atoms with Crippen LogP contribution in [0.2, 0.25) is 15.1 Å². The highest BCUT2D eigenvalue weighted by Crippen LogP contribution is 2.38. The topological polar surface area (TPSA) is 33.1 Å². The largest absolute Gasteiger partial charge is 0.417 e. The molecule has 2 aromatic rings. The van der Waals surface area contributed by atoms with Gasteiger partial charge in [0.05, 0.1) is 32.9 Å². The van der Waals surface area contributed by atoms with Gasteiger partial charge < -0.3 is 5.11 Å². The third-order valence-electron chi connectivity index (χ3n) is 2.75. The Balaban J connectivity index is 2.70. The normalized spacial score (nSPS) is 11.8. The van der Waals surface area contributed by atoms with Crippen LogP contribution in [0.25, 0.3) is 11.1 Å². The van der Waals surface area contributed by atoms with Crippen LogP contribution in [0.15, 0.2) is 24.4 Å². The Morgan fingerprint density at radius 1 is 0.952 bits per heavy atom. The van der Waals surface area contributed by atoms with E-state index < -0.39 is 18.3 Å². The molecule has 112 valence electrons. The van der Waals surface area contributed by atoms with Crippen molar-refractivity contribution >= 4 is 34.8 Å². The van der Waals surface area contributed by atoms with Gasteiger partial charge in [-0.05, 0) is 18.2 Å². The number of aliphatic hydroxyl groups is 1. The first-order chi connectivity index (χ1) is 9.74. The minimum absolute atomic E-state index is 0.0518. The minimum Gasteiger partial charge on any atom is -0.390 e. The van der Waals surface area contributed by atoms with E-state index in [0.717, 1.165) is 6.07 Å². The molecule has 2 nitrogen and oxygen atoms in total. The summed E-state index contributed by atoms with van der Waals surface area (Å²) < 4.78 is 38.3. The van der Waals surface area contributed by atoms with Crippen LogP contribution < -0.4 is 0 Å². The zero-order valence-corrected chi connectivity index (χ0v) is 12.4. The fraction of sp³-hybridized carbons (Fsp3) is 0.154. The van der Waals surface area contributed by atoms with Crippen LogP contribution in [0.1, 0.15) is 11.3 Å². The summed E-state index contributed by atoms with van der Waals surface area (Å²) in [5.41, 5.74) is -0.621. The third-order valence-corrected chi connectivity index (χ3v) is 3.78. The molecule has 0 amide bonds. The molecule has 0 aliphatic carbocycles. The summed E-state index contributed by atoms with van der Waals surface area (Å²) in [7, 11) is 0. The first kappa shape index (κ1) is 16.4. The van der Waals surface area contributed by atoms with Gasteiger partial charge in [0.2, 0.25) is 0 Å². The molecular formula is C13H7Cl3F3NO. The highest BCUT2D eigenvalue weighted by molar-refractivity contribution is 6.44. The van der Waals surface area contributed by atoms with Crippen molar-refractivity contribution in [3.63, 3.8) is 0 Å². The minimum atomic E-state index is -4.56. The van der Waals surface area contributed by atoms with Crippen LogP contribution >= 0.6 is 34.8 Å². The second kappa shape index (κ2) is 6.01. The highest BCUT2D eigenvalue weighted by Gasteiger charge is 2.32. The average molecular weight is 357 g/mol. The molecule has 1 aromatic carbocycles. The lowest BCUT2D eigenvalue weighted by Gasteiger charge is -2.13. The van der Waals surface area contributed by atoms with Crippen molar-refractivity contribution in [2.24, 2.45) is 0 Å². The first-order valence-electron chi connectivity index (χ1n) is 5.56. The van der Waals surface area contributed by atoms with Crippen LogP contribution in [-0.2, 0) is 12.8 Å². The Kier molecular flexibility index (Phi) is 4.68. The van der Waals surface area contributed by atoms with E-state index in [2.05, 4.69) is 4.98 Å². The fourth-order valence-corrected chi connectivity index (χ4v) is 2.38. The van der Waals surface area contributed by atoms with E-state index in [0.29, 0.717) is 6.20 Å². The first-order valence-corrected chi connectivity index (χ1v) is 6.69. The monoisotopic (exact) mass is 355 g/mol. The SMILES string of the molecule is OCc1ncc(C(F)(F)F)cc1-c1cc(Cl)c(Cl)cc1Cl. The smallest absolute Gasteiger partial charge is 0.390 e. The molecule has 0 atom stereocenters. The van der Waals surface area contributed by atoms with Gasteiger partial charge in [-0.2, -0.15) is 13.2 Å². The molecule has 2 rings (SSSR count). The quantitative estimate of drug-likeness (QED) is 0.748. The molecular weight excluding hydrogens is 350 g/mol. The molecule has 0 spiro atoms. The average Bonchev–Trinajstić information content (AvgIpc) is 2.41. The van der Waals surface area contributed by atoms with Crippen LogP contribution in [-0.4, -0.2) is 10.1 Å². The van der Waals surface area contributed by atoms with Crippen LogP contribution in [0.3, 0.4) is 0 Å². The number of pyridine rings is 1. The number of aliphatic hydroxyl groups excluding tert-OH is 1. The van der Waals surface area contributed by atoms with Crippen molar-refractivity contribution in [1.29, 1.82) is 0 Å². The van der Waals surface area contributed by atoms with E-state index >= 15 is 0 Å². The van der Waals surface area contributed by atoms with Crippen LogP contribution in [0.4, 0.5) is 13.2 Å². The van der Waals surface area contributed by atoms with Gasteiger partial charge in [-0.1, -0.05) is 34.8 Å². The van der Waals surface area contributed by atoms with E-state index in [4.69, 9.17) is 34.8 Å². The molecule has 0 fully saturated rings. The number of nitrogens with zero attached hydrogens (tertiary/aromatic N) is 1. The van der Waals surface area contributed by atoms with E-state index in [1.807, 2.05) is 0 Å². The maximum absolute atomic E-state index is 12.8. The summed E-state index contributed by atoms with van der Waals surface area (Å²) in [4.78, 5) is 3.63. The summed E-state index contributed by atoms with van der Waals surface area (Å²) in [6.45, 7) is -0.538. The molecule has 0 bridgehead atoms. The Morgan fingerprint density at radius 2 is 1.57 bits per heavy atom. The Bertz CT molecular complexity index is 689. The molecule has 21 heavy (non-hydrogen) atoms. The van der Waals surface area contributed by atoms with Gasteiger partial charge >= 0.3 is 6.18 Å². The Hall–Kier alpha value is -1.01. The molecule has 1 heterocycles. The maximum atomic E-state index is 12.8. The standard InChI is InChI=1S/C13H7Cl3F3NO/c14-9-3-11(16)10(15)2-7(9)8-1-6(13(17,18)19)4-20-12(8)5-21/h1-4,21H,5H2. The molecule has 1 aromatic heterocycles. The molecule has 0 unspecified atom stereocenters. The van der Waals surface area contributed by atoms with Crippen molar-refractivity contribution in [3.05, 3.63) is 50.7 Å². The molecule has 8 heteroatoms.